The molecule has 3 heteroatoms. The maximum atomic E-state index is 10.3. The molecule has 0 aromatic carbocycles. The maximum absolute atomic E-state index is 10.3. The molecule has 1 N–H and O–H groups in total. The van der Waals surface area contributed by atoms with Crippen LogP contribution in [0.2, 0.25) is 0 Å². The van der Waals surface area contributed by atoms with Crippen LogP contribution in [0.4, 0.5) is 0 Å². The van der Waals surface area contributed by atoms with Crippen molar-refractivity contribution in [3.05, 3.63) is 12.2 Å². The lowest BCUT2D eigenvalue weighted by Gasteiger charge is -1.99. The van der Waals surface area contributed by atoms with Crippen LogP contribution in [-0.2, 0) is 4.79 Å². The van der Waals surface area contributed by atoms with Gasteiger partial charge in [0.15, 0.2) is 0 Å². The fraction of sp³-hybridized carbons (Fsp3) is 0.833. The zero-order valence-corrected chi connectivity index (χ0v) is 13.4. The van der Waals surface area contributed by atoms with E-state index in [1.165, 1.54) is 70.6 Å². The number of aliphatic carboxylic acids is 1. The van der Waals surface area contributed by atoms with Gasteiger partial charge in [0.1, 0.15) is 0 Å². The summed E-state index contributed by atoms with van der Waals surface area (Å²) >= 11 is 0. The van der Waals surface area contributed by atoms with Gasteiger partial charge in [0.05, 0.1) is 0 Å². The normalized spacial score (nSPS) is 10.7. The van der Waals surface area contributed by atoms with Crippen molar-refractivity contribution < 1.29 is 9.90 Å². The molecule has 0 amide bonds. The first kappa shape index (κ1) is 23.2. The molecule has 0 aromatic rings. The van der Waals surface area contributed by atoms with Crippen molar-refractivity contribution in [3.8, 4) is 0 Å². The molecular weight excluding hydrogens is 273 g/mol. The number of unbranched alkanes of at least 4 members (excludes halogenated alkanes) is 11. The van der Waals surface area contributed by atoms with Gasteiger partial charge in [0.25, 0.3) is 0 Å². The first-order valence-electron chi connectivity index (χ1n) is 8.64. The van der Waals surface area contributed by atoms with E-state index in [4.69, 9.17) is 5.11 Å². The Bertz CT molecular complexity index is 239. The zero-order chi connectivity index (χ0) is 14.9. The van der Waals surface area contributed by atoms with E-state index in [2.05, 4.69) is 19.1 Å². The molecule has 0 atom stereocenters. The van der Waals surface area contributed by atoms with Gasteiger partial charge in [-0.15, -0.1) is 0 Å². The Morgan fingerprint density at radius 2 is 1.19 bits per heavy atom. The van der Waals surface area contributed by atoms with Crippen LogP contribution in [0.25, 0.3) is 0 Å². The van der Waals surface area contributed by atoms with Crippen LogP contribution in [0.1, 0.15) is 96.8 Å². The lowest BCUT2D eigenvalue weighted by Crippen LogP contribution is -1.93. The van der Waals surface area contributed by atoms with Gasteiger partial charge in [-0.25, -0.2) is 0 Å². The molecule has 2 nitrogen and oxygen atoms in total. The average Bonchev–Trinajstić information content (AvgIpc) is 2.43. The topological polar surface area (TPSA) is 37.3 Å². The highest BCUT2D eigenvalue weighted by Gasteiger charge is 1.95. The van der Waals surface area contributed by atoms with E-state index in [1.807, 2.05) is 0 Å². The SMILES string of the molecule is CCCCCCCC/C=C\CCCCCCCC(=O)O.[MgH2]. The van der Waals surface area contributed by atoms with Crippen molar-refractivity contribution in [3.63, 3.8) is 0 Å². The second-order valence-electron chi connectivity index (χ2n) is 5.73. The van der Waals surface area contributed by atoms with Crippen LogP contribution in [0.5, 0.6) is 0 Å². The molecule has 0 aromatic heterocycles. The molecule has 0 aliphatic rings. The molecular formula is C18H36MgO2. The van der Waals surface area contributed by atoms with Crippen molar-refractivity contribution in [2.75, 3.05) is 0 Å². The van der Waals surface area contributed by atoms with Gasteiger partial charge in [0, 0.05) is 6.42 Å². The van der Waals surface area contributed by atoms with Gasteiger partial charge in [-0.05, 0) is 32.1 Å². The third-order valence-electron chi connectivity index (χ3n) is 3.65. The van der Waals surface area contributed by atoms with E-state index in [0.717, 1.165) is 12.8 Å². The third kappa shape index (κ3) is 22.4. The van der Waals surface area contributed by atoms with Gasteiger partial charge in [-0.3, -0.25) is 4.79 Å². The molecule has 0 heterocycles. The van der Waals surface area contributed by atoms with Gasteiger partial charge in [-0.1, -0.05) is 70.4 Å². The second-order valence-corrected chi connectivity index (χ2v) is 5.73. The number of hydrogen-bond acceptors (Lipinski definition) is 1. The first-order chi connectivity index (χ1) is 9.77. The van der Waals surface area contributed by atoms with E-state index in [-0.39, 0.29) is 23.1 Å². The molecule has 0 fully saturated rings. The first-order valence-corrected chi connectivity index (χ1v) is 8.64. The zero-order valence-electron chi connectivity index (χ0n) is 13.4. The summed E-state index contributed by atoms with van der Waals surface area (Å²) in [6, 6.07) is 0. The minimum atomic E-state index is -0.664. The highest BCUT2D eigenvalue weighted by molar-refractivity contribution is 5.75. The molecule has 0 rings (SSSR count). The molecule has 0 aliphatic carbocycles. The Balaban J connectivity index is 0. The molecule has 0 saturated carbocycles. The summed E-state index contributed by atoms with van der Waals surface area (Å²) in [5, 5.41) is 8.51. The highest BCUT2D eigenvalue weighted by atomic mass is 24.3. The van der Waals surface area contributed by atoms with E-state index < -0.39 is 5.97 Å². The minimum Gasteiger partial charge on any atom is -0.481 e. The summed E-state index contributed by atoms with van der Waals surface area (Å²) in [4.78, 5) is 10.3. The molecule has 0 spiro atoms. The van der Waals surface area contributed by atoms with Crippen molar-refractivity contribution in [2.45, 2.75) is 96.8 Å². The predicted molar refractivity (Wildman–Crippen MR) is 95.6 cm³/mol. The van der Waals surface area contributed by atoms with Crippen LogP contribution in [0.15, 0.2) is 12.2 Å². The molecule has 122 valence electrons. The summed E-state index contributed by atoms with van der Waals surface area (Å²) in [6.07, 6.45) is 21.2. The van der Waals surface area contributed by atoms with Crippen LogP contribution >= 0.6 is 0 Å². The molecule has 0 unspecified atom stereocenters. The van der Waals surface area contributed by atoms with Crippen molar-refractivity contribution in [2.24, 2.45) is 0 Å². The fourth-order valence-corrected chi connectivity index (χ4v) is 2.35. The third-order valence-corrected chi connectivity index (χ3v) is 3.65. The monoisotopic (exact) mass is 308 g/mol. The Labute approximate surface area is 147 Å². The number of allylic oxidation sites excluding steroid dienone is 2. The predicted octanol–water partition coefficient (Wildman–Crippen LogP) is 5.19. The van der Waals surface area contributed by atoms with Crippen molar-refractivity contribution >= 4 is 29.0 Å². The number of carboxylic acid groups (broad SMARTS) is 1. The van der Waals surface area contributed by atoms with Gasteiger partial charge >= 0.3 is 29.0 Å². The lowest BCUT2D eigenvalue weighted by atomic mass is 10.1. The highest BCUT2D eigenvalue weighted by Crippen LogP contribution is 2.09. The van der Waals surface area contributed by atoms with E-state index in [1.54, 1.807) is 0 Å². The Kier molecular flexibility index (Phi) is 22.1. The van der Waals surface area contributed by atoms with Crippen molar-refractivity contribution in [1.82, 2.24) is 0 Å². The Morgan fingerprint density at radius 3 is 1.67 bits per heavy atom. The summed E-state index contributed by atoms with van der Waals surface area (Å²) in [5.41, 5.74) is 0. The Morgan fingerprint density at radius 1 is 0.762 bits per heavy atom. The largest absolute Gasteiger partial charge is 0.481 e. The van der Waals surface area contributed by atoms with Crippen molar-refractivity contribution in [1.29, 1.82) is 0 Å². The minimum absolute atomic E-state index is 0. The summed E-state index contributed by atoms with van der Waals surface area (Å²) in [6.45, 7) is 2.26. The number of carboxylic acids is 1. The quantitative estimate of drug-likeness (QED) is 0.257. The van der Waals surface area contributed by atoms with E-state index >= 15 is 0 Å². The van der Waals surface area contributed by atoms with Gasteiger partial charge in [0.2, 0.25) is 0 Å². The number of hydrogen-bond donors (Lipinski definition) is 1. The van der Waals surface area contributed by atoms with Crippen LogP contribution in [0.3, 0.4) is 0 Å². The molecule has 0 aliphatic heterocycles. The summed E-state index contributed by atoms with van der Waals surface area (Å²) < 4.78 is 0. The van der Waals surface area contributed by atoms with E-state index in [0.29, 0.717) is 6.42 Å². The summed E-state index contributed by atoms with van der Waals surface area (Å²) in [7, 11) is 0. The van der Waals surface area contributed by atoms with Gasteiger partial charge < -0.3 is 5.11 Å². The number of carbonyl (C=O) groups is 1. The van der Waals surface area contributed by atoms with Gasteiger partial charge in [-0.2, -0.15) is 0 Å². The van der Waals surface area contributed by atoms with Crippen LogP contribution in [-0.4, -0.2) is 34.1 Å². The molecule has 0 saturated heterocycles. The van der Waals surface area contributed by atoms with Crippen LogP contribution < -0.4 is 0 Å². The molecule has 0 bridgehead atoms. The standard InChI is InChI=1S/C18H34O2.Mg.2H/c1-2-3-4-5-6-7-8-9-10-11-12-13-14-15-16-17-18(19)20;;;/h9-10H,2-8,11-17H2,1H3,(H,19,20);;;/b10-9-;;;. The summed E-state index contributed by atoms with van der Waals surface area (Å²) in [5.74, 6) is -0.664. The number of rotatable bonds is 15. The second kappa shape index (κ2) is 20.0. The Hall–Kier alpha value is -0.0238. The maximum Gasteiger partial charge on any atom is 0.316 e. The molecule has 0 radical (unpaired) electrons. The lowest BCUT2D eigenvalue weighted by molar-refractivity contribution is -0.137. The fourth-order valence-electron chi connectivity index (χ4n) is 2.35. The molecule has 21 heavy (non-hydrogen) atoms. The average molecular weight is 309 g/mol. The smallest absolute Gasteiger partial charge is 0.316 e. The van der Waals surface area contributed by atoms with Crippen LogP contribution in [0, 0.1) is 0 Å². The van der Waals surface area contributed by atoms with E-state index in [9.17, 15) is 4.79 Å².